The van der Waals surface area contributed by atoms with Gasteiger partial charge in [0.05, 0.1) is 0 Å². The Bertz CT molecular complexity index is 572. The Balaban J connectivity index is 1.66. The fourth-order valence-electron chi connectivity index (χ4n) is 3.06. The zero-order valence-electron chi connectivity index (χ0n) is 15.4. The molecule has 0 bridgehead atoms. The van der Waals surface area contributed by atoms with Crippen LogP contribution in [-0.4, -0.2) is 36.9 Å². The van der Waals surface area contributed by atoms with Gasteiger partial charge in [-0.15, -0.1) is 0 Å². The summed E-state index contributed by atoms with van der Waals surface area (Å²) < 4.78 is 0. The van der Waals surface area contributed by atoms with E-state index in [-0.39, 0.29) is 23.1 Å². The molecular formula is C20H30N2O2. The van der Waals surface area contributed by atoms with Gasteiger partial charge in [-0.1, -0.05) is 45.0 Å². The van der Waals surface area contributed by atoms with Crippen LogP contribution in [0.1, 0.15) is 51.2 Å². The third kappa shape index (κ3) is 5.36. The molecule has 24 heavy (non-hydrogen) atoms. The number of carbonyl (C=O) groups is 2. The third-order valence-corrected chi connectivity index (χ3v) is 4.70. The number of aryl methyl sites for hydroxylation is 1. The first-order chi connectivity index (χ1) is 11.3. The van der Waals surface area contributed by atoms with Crippen molar-refractivity contribution in [2.45, 2.75) is 51.9 Å². The Morgan fingerprint density at radius 3 is 2.46 bits per heavy atom. The smallest absolute Gasteiger partial charge is 0.222 e. The maximum absolute atomic E-state index is 11.9. The van der Waals surface area contributed by atoms with Crippen molar-refractivity contribution in [1.29, 1.82) is 0 Å². The summed E-state index contributed by atoms with van der Waals surface area (Å²) in [5, 5.41) is 2.96. The maximum atomic E-state index is 11.9. The highest BCUT2D eigenvalue weighted by molar-refractivity contribution is 5.79. The van der Waals surface area contributed by atoms with Crippen molar-refractivity contribution >= 4 is 11.8 Å². The highest BCUT2D eigenvalue weighted by atomic mass is 16.2. The third-order valence-electron chi connectivity index (χ3n) is 4.70. The SMILES string of the molecule is CN1C[C@@H](CNC(=O)CCCc2ccc(C(C)(C)C)cc2)CC1=O. The van der Waals surface area contributed by atoms with Gasteiger partial charge in [0.15, 0.2) is 0 Å². The van der Waals surface area contributed by atoms with Crippen LogP contribution >= 0.6 is 0 Å². The van der Waals surface area contributed by atoms with E-state index >= 15 is 0 Å². The molecule has 0 spiro atoms. The largest absolute Gasteiger partial charge is 0.356 e. The second-order valence-electron chi connectivity index (χ2n) is 7.95. The summed E-state index contributed by atoms with van der Waals surface area (Å²) >= 11 is 0. The van der Waals surface area contributed by atoms with Crippen LogP contribution in [0.3, 0.4) is 0 Å². The molecule has 4 heteroatoms. The fraction of sp³-hybridized carbons (Fsp3) is 0.600. The summed E-state index contributed by atoms with van der Waals surface area (Å²) in [6, 6.07) is 8.70. The lowest BCUT2D eigenvalue weighted by atomic mass is 9.86. The van der Waals surface area contributed by atoms with Crippen molar-refractivity contribution in [2.24, 2.45) is 5.92 Å². The molecule has 1 aliphatic heterocycles. The summed E-state index contributed by atoms with van der Waals surface area (Å²) in [6.45, 7) is 7.99. The molecule has 1 N–H and O–H groups in total. The average molecular weight is 330 g/mol. The number of nitrogens with one attached hydrogen (secondary N) is 1. The Morgan fingerprint density at radius 1 is 1.25 bits per heavy atom. The normalized spacial score (nSPS) is 18.1. The molecule has 132 valence electrons. The minimum atomic E-state index is 0.0864. The number of carbonyl (C=O) groups excluding carboxylic acids is 2. The van der Waals surface area contributed by atoms with E-state index in [1.54, 1.807) is 4.90 Å². The number of amides is 2. The van der Waals surface area contributed by atoms with Crippen LogP contribution in [0.5, 0.6) is 0 Å². The van der Waals surface area contributed by atoms with Gasteiger partial charge in [0.25, 0.3) is 0 Å². The zero-order valence-corrected chi connectivity index (χ0v) is 15.4. The molecule has 1 saturated heterocycles. The fourth-order valence-corrected chi connectivity index (χ4v) is 3.06. The number of likely N-dealkylation sites (tertiary alicyclic amines) is 1. The number of rotatable bonds is 6. The molecule has 1 heterocycles. The van der Waals surface area contributed by atoms with Gasteiger partial charge < -0.3 is 10.2 Å². The summed E-state index contributed by atoms with van der Waals surface area (Å²) in [5.41, 5.74) is 2.78. The van der Waals surface area contributed by atoms with Crippen molar-refractivity contribution in [3.05, 3.63) is 35.4 Å². The molecule has 1 aliphatic rings. The van der Waals surface area contributed by atoms with Crippen LogP contribution in [0, 0.1) is 5.92 Å². The van der Waals surface area contributed by atoms with E-state index in [0.717, 1.165) is 19.4 Å². The maximum Gasteiger partial charge on any atom is 0.222 e. The van der Waals surface area contributed by atoms with Crippen LogP contribution in [-0.2, 0) is 21.4 Å². The van der Waals surface area contributed by atoms with Crippen LogP contribution in [0.4, 0.5) is 0 Å². The monoisotopic (exact) mass is 330 g/mol. The Labute approximate surface area is 145 Å². The second kappa shape index (κ2) is 7.82. The molecule has 0 aliphatic carbocycles. The van der Waals surface area contributed by atoms with E-state index in [0.29, 0.717) is 19.4 Å². The lowest BCUT2D eigenvalue weighted by molar-refractivity contribution is -0.126. The predicted octanol–water partition coefficient (Wildman–Crippen LogP) is 2.90. The highest BCUT2D eigenvalue weighted by Crippen LogP contribution is 2.22. The molecule has 1 atom stereocenters. The molecule has 1 aromatic rings. The van der Waals surface area contributed by atoms with Gasteiger partial charge in [-0.25, -0.2) is 0 Å². The molecule has 2 amide bonds. The first-order valence-electron chi connectivity index (χ1n) is 8.86. The summed E-state index contributed by atoms with van der Waals surface area (Å²) in [4.78, 5) is 25.1. The molecule has 0 saturated carbocycles. The zero-order chi connectivity index (χ0) is 17.7. The highest BCUT2D eigenvalue weighted by Gasteiger charge is 2.26. The summed E-state index contributed by atoms with van der Waals surface area (Å²) in [7, 11) is 1.81. The van der Waals surface area contributed by atoms with Gasteiger partial charge in [0, 0.05) is 38.9 Å². The minimum absolute atomic E-state index is 0.0864. The van der Waals surface area contributed by atoms with Gasteiger partial charge in [-0.05, 0) is 29.4 Å². The quantitative estimate of drug-likeness (QED) is 0.872. The number of hydrogen-bond donors (Lipinski definition) is 1. The van der Waals surface area contributed by atoms with Crippen LogP contribution in [0.2, 0.25) is 0 Å². The molecular weight excluding hydrogens is 300 g/mol. The number of benzene rings is 1. The first-order valence-corrected chi connectivity index (χ1v) is 8.86. The Hall–Kier alpha value is -1.84. The molecule has 1 fully saturated rings. The molecule has 0 aromatic heterocycles. The van der Waals surface area contributed by atoms with E-state index in [2.05, 4.69) is 50.4 Å². The van der Waals surface area contributed by atoms with Gasteiger partial charge >= 0.3 is 0 Å². The van der Waals surface area contributed by atoms with E-state index < -0.39 is 0 Å². The van der Waals surface area contributed by atoms with E-state index in [9.17, 15) is 9.59 Å². The number of hydrogen-bond acceptors (Lipinski definition) is 2. The standard InChI is InChI=1S/C20H30N2O2/c1-20(2,3)17-10-8-15(9-11-17)6-5-7-18(23)21-13-16-12-19(24)22(4)14-16/h8-11,16H,5-7,12-14H2,1-4H3,(H,21,23)/t16-/m1/s1. The van der Waals surface area contributed by atoms with Crippen molar-refractivity contribution in [1.82, 2.24) is 10.2 Å². The van der Waals surface area contributed by atoms with Crippen LogP contribution < -0.4 is 5.32 Å². The topological polar surface area (TPSA) is 49.4 Å². The van der Waals surface area contributed by atoms with Crippen molar-refractivity contribution in [2.75, 3.05) is 20.1 Å². The predicted molar refractivity (Wildman–Crippen MR) is 96.8 cm³/mol. The van der Waals surface area contributed by atoms with Gasteiger partial charge in [0.2, 0.25) is 11.8 Å². The minimum Gasteiger partial charge on any atom is -0.356 e. The van der Waals surface area contributed by atoms with Gasteiger partial charge in [-0.3, -0.25) is 9.59 Å². The Kier molecular flexibility index (Phi) is 6.03. The van der Waals surface area contributed by atoms with Gasteiger partial charge in [0.1, 0.15) is 0 Å². The van der Waals surface area contributed by atoms with Crippen molar-refractivity contribution in [3.63, 3.8) is 0 Å². The van der Waals surface area contributed by atoms with Gasteiger partial charge in [-0.2, -0.15) is 0 Å². The van der Waals surface area contributed by atoms with Crippen LogP contribution in [0.25, 0.3) is 0 Å². The Morgan fingerprint density at radius 2 is 1.92 bits per heavy atom. The lowest BCUT2D eigenvalue weighted by Crippen LogP contribution is -2.30. The first kappa shape index (κ1) is 18.5. The van der Waals surface area contributed by atoms with Crippen molar-refractivity contribution in [3.8, 4) is 0 Å². The van der Waals surface area contributed by atoms with E-state index in [1.165, 1.54) is 11.1 Å². The summed E-state index contributed by atoms with van der Waals surface area (Å²) in [6.07, 6.45) is 2.86. The summed E-state index contributed by atoms with van der Waals surface area (Å²) in [5.74, 6) is 0.521. The molecule has 2 rings (SSSR count). The van der Waals surface area contributed by atoms with Crippen molar-refractivity contribution < 1.29 is 9.59 Å². The van der Waals surface area contributed by atoms with Crippen LogP contribution in [0.15, 0.2) is 24.3 Å². The molecule has 0 unspecified atom stereocenters. The second-order valence-corrected chi connectivity index (χ2v) is 7.95. The molecule has 0 radical (unpaired) electrons. The van der Waals surface area contributed by atoms with E-state index in [4.69, 9.17) is 0 Å². The average Bonchev–Trinajstić information content (AvgIpc) is 2.83. The number of nitrogens with zero attached hydrogens (tertiary/aromatic N) is 1. The van der Waals surface area contributed by atoms with E-state index in [1.807, 2.05) is 7.05 Å². The lowest BCUT2D eigenvalue weighted by Gasteiger charge is -2.19. The molecule has 4 nitrogen and oxygen atoms in total. The molecule has 1 aromatic carbocycles.